The van der Waals surface area contributed by atoms with Crippen molar-refractivity contribution < 1.29 is 0 Å². The minimum Gasteiger partial charge on any atom is -0.316 e. The van der Waals surface area contributed by atoms with Gasteiger partial charge in [-0.2, -0.15) is 0 Å². The minimum atomic E-state index is 0.529. The Morgan fingerprint density at radius 3 is 2.06 bits per heavy atom. The summed E-state index contributed by atoms with van der Waals surface area (Å²) in [5.41, 5.74) is 0.529. The Labute approximate surface area is 103 Å². The lowest BCUT2D eigenvalue weighted by Crippen LogP contribution is -2.31. The van der Waals surface area contributed by atoms with Crippen LogP contribution >= 0.6 is 0 Å². The van der Waals surface area contributed by atoms with Crippen LogP contribution in [0.3, 0.4) is 0 Å². The van der Waals surface area contributed by atoms with Crippen LogP contribution in [0.5, 0.6) is 0 Å². The predicted octanol–water partition coefficient (Wildman–Crippen LogP) is 4.76. The molecule has 0 aliphatic carbocycles. The number of hydrogen-bond donors (Lipinski definition) is 1. The van der Waals surface area contributed by atoms with Gasteiger partial charge in [-0.3, -0.25) is 0 Å². The van der Waals surface area contributed by atoms with Crippen molar-refractivity contribution in [3.63, 3.8) is 0 Å². The molecule has 0 spiro atoms. The van der Waals surface area contributed by atoms with Gasteiger partial charge in [0.1, 0.15) is 0 Å². The highest BCUT2D eigenvalue weighted by Crippen LogP contribution is 2.27. The molecule has 0 saturated carbocycles. The quantitative estimate of drug-likeness (QED) is 0.502. The zero-order chi connectivity index (χ0) is 12.3. The average Bonchev–Trinajstić information content (AvgIpc) is 2.31. The normalized spacial score (nSPS) is 15.0. The van der Waals surface area contributed by atoms with Gasteiger partial charge < -0.3 is 5.32 Å². The first-order valence-electron chi connectivity index (χ1n) is 7.39. The Morgan fingerprint density at radius 1 is 0.875 bits per heavy atom. The molecule has 0 aromatic rings. The van der Waals surface area contributed by atoms with Gasteiger partial charge in [-0.1, -0.05) is 66.2 Å². The molecule has 0 aromatic carbocycles. The van der Waals surface area contributed by atoms with Gasteiger partial charge in [0.15, 0.2) is 0 Å². The summed E-state index contributed by atoms with van der Waals surface area (Å²) in [4.78, 5) is 0. The van der Waals surface area contributed by atoms with Crippen LogP contribution in [0.2, 0.25) is 0 Å². The fourth-order valence-electron chi connectivity index (χ4n) is 2.15. The summed E-state index contributed by atoms with van der Waals surface area (Å²) in [6.07, 6.45) is 11.2. The molecular formula is C15H33N. The lowest BCUT2D eigenvalue weighted by atomic mass is 9.82. The maximum absolute atomic E-state index is 3.50. The number of hydrogen-bond acceptors (Lipinski definition) is 1. The fourth-order valence-corrected chi connectivity index (χ4v) is 2.15. The molecule has 0 rings (SSSR count). The maximum atomic E-state index is 3.50. The van der Waals surface area contributed by atoms with Gasteiger partial charge >= 0.3 is 0 Å². The van der Waals surface area contributed by atoms with Crippen LogP contribution in [0.15, 0.2) is 0 Å². The fraction of sp³-hybridized carbons (Fsp3) is 1.00. The van der Waals surface area contributed by atoms with Gasteiger partial charge in [0.25, 0.3) is 0 Å². The maximum Gasteiger partial charge on any atom is 0.000494 e. The topological polar surface area (TPSA) is 12.0 Å². The molecule has 1 nitrogen and oxygen atoms in total. The van der Waals surface area contributed by atoms with Crippen LogP contribution in [0.1, 0.15) is 79.1 Å². The highest BCUT2D eigenvalue weighted by atomic mass is 14.9. The average molecular weight is 227 g/mol. The van der Waals surface area contributed by atoms with E-state index in [2.05, 4.69) is 33.0 Å². The second-order valence-electron chi connectivity index (χ2n) is 5.46. The van der Waals surface area contributed by atoms with E-state index in [-0.39, 0.29) is 0 Å². The summed E-state index contributed by atoms with van der Waals surface area (Å²) in [5.74, 6) is 0. The minimum absolute atomic E-state index is 0.529. The first-order valence-corrected chi connectivity index (χ1v) is 7.39. The highest BCUT2D eigenvalue weighted by molar-refractivity contribution is 4.75. The molecular weight excluding hydrogens is 194 g/mol. The smallest absolute Gasteiger partial charge is 0.000494 e. The van der Waals surface area contributed by atoms with E-state index >= 15 is 0 Å². The van der Waals surface area contributed by atoms with Crippen LogP contribution in [-0.4, -0.2) is 13.1 Å². The van der Waals surface area contributed by atoms with Crippen molar-refractivity contribution >= 4 is 0 Å². The van der Waals surface area contributed by atoms with Crippen molar-refractivity contribution in [2.24, 2.45) is 5.41 Å². The zero-order valence-electron chi connectivity index (χ0n) is 12.1. The second kappa shape index (κ2) is 10.1. The lowest BCUT2D eigenvalue weighted by Gasteiger charge is -2.28. The standard InChI is InChI=1S/C15H33N/c1-5-8-9-10-11-12-13-15(4,6-2)14-16-7-3/h16H,5-14H2,1-4H3. The summed E-state index contributed by atoms with van der Waals surface area (Å²) in [7, 11) is 0. The van der Waals surface area contributed by atoms with Crippen molar-refractivity contribution in [1.29, 1.82) is 0 Å². The third kappa shape index (κ3) is 8.15. The number of unbranched alkanes of at least 4 members (excludes halogenated alkanes) is 5. The predicted molar refractivity (Wildman–Crippen MR) is 74.9 cm³/mol. The molecule has 0 amide bonds. The summed E-state index contributed by atoms with van der Waals surface area (Å²) >= 11 is 0. The Balaban J connectivity index is 3.53. The van der Waals surface area contributed by atoms with E-state index in [9.17, 15) is 0 Å². The van der Waals surface area contributed by atoms with Crippen molar-refractivity contribution in [1.82, 2.24) is 5.32 Å². The third-order valence-corrected chi connectivity index (χ3v) is 3.79. The van der Waals surface area contributed by atoms with E-state index in [1.165, 1.54) is 57.9 Å². The summed E-state index contributed by atoms with van der Waals surface area (Å²) in [5, 5.41) is 3.50. The lowest BCUT2D eigenvalue weighted by molar-refractivity contribution is 0.261. The van der Waals surface area contributed by atoms with Crippen LogP contribution in [0.25, 0.3) is 0 Å². The summed E-state index contributed by atoms with van der Waals surface area (Å²) in [6, 6.07) is 0. The molecule has 1 heteroatoms. The van der Waals surface area contributed by atoms with Gasteiger partial charge in [0.05, 0.1) is 0 Å². The van der Waals surface area contributed by atoms with E-state index in [1.54, 1.807) is 0 Å². The summed E-state index contributed by atoms with van der Waals surface area (Å²) < 4.78 is 0. The van der Waals surface area contributed by atoms with E-state index in [4.69, 9.17) is 0 Å². The van der Waals surface area contributed by atoms with Gasteiger partial charge in [-0.05, 0) is 24.8 Å². The molecule has 0 aromatic heterocycles. The van der Waals surface area contributed by atoms with Crippen LogP contribution in [0, 0.1) is 5.41 Å². The van der Waals surface area contributed by atoms with Crippen LogP contribution in [0.4, 0.5) is 0 Å². The van der Waals surface area contributed by atoms with Crippen molar-refractivity contribution in [3.8, 4) is 0 Å². The van der Waals surface area contributed by atoms with Crippen molar-refractivity contribution in [2.75, 3.05) is 13.1 Å². The molecule has 0 aliphatic heterocycles. The first kappa shape index (κ1) is 16.0. The Hall–Kier alpha value is -0.0400. The first-order chi connectivity index (χ1) is 7.68. The number of rotatable bonds is 11. The van der Waals surface area contributed by atoms with Crippen molar-refractivity contribution in [3.05, 3.63) is 0 Å². The van der Waals surface area contributed by atoms with Crippen LogP contribution < -0.4 is 5.32 Å². The largest absolute Gasteiger partial charge is 0.316 e. The Kier molecular flexibility index (Phi) is 10.1. The molecule has 0 fully saturated rings. The van der Waals surface area contributed by atoms with Gasteiger partial charge in [-0.15, -0.1) is 0 Å². The SMILES string of the molecule is CCCCCCCCC(C)(CC)CNCC. The molecule has 1 atom stereocenters. The molecule has 0 aliphatic rings. The van der Waals surface area contributed by atoms with E-state index < -0.39 is 0 Å². The molecule has 0 radical (unpaired) electrons. The zero-order valence-corrected chi connectivity index (χ0v) is 12.1. The molecule has 98 valence electrons. The number of nitrogens with one attached hydrogen (secondary N) is 1. The molecule has 0 heterocycles. The highest BCUT2D eigenvalue weighted by Gasteiger charge is 2.20. The van der Waals surface area contributed by atoms with E-state index in [0.717, 1.165) is 6.54 Å². The molecule has 0 saturated heterocycles. The van der Waals surface area contributed by atoms with Gasteiger partial charge in [0, 0.05) is 6.54 Å². The Bertz CT molecular complexity index is 144. The Morgan fingerprint density at radius 2 is 1.50 bits per heavy atom. The summed E-state index contributed by atoms with van der Waals surface area (Å²) in [6.45, 7) is 11.5. The second-order valence-corrected chi connectivity index (χ2v) is 5.46. The van der Waals surface area contributed by atoms with Gasteiger partial charge in [-0.25, -0.2) is 0 Å². The monoisotopic (exact) mass is 227 g/mol. The van der Waals surface area contributed by atoms with Crippen molar-refractivity contribution in [2.45, 2.75) is 79.1 Å². The van der Waals surface area contributed by atoms with Crippen LogP contribution in [-0.2, 0) is 0 Å². The molecule has 1 unspecified atom stereocenters. The molecule has 0 bridgehead atoms. The van der Waals surface area contributed by atoms with E-state index in [0.29, 0.717) is 5.41 Å². The molecule has 1 N–H and O–H groups in total. The third-order valence-electron chi connectivity index (χ3n) is 3.79. The molecule has 16 heavy (non-hydrogen) atoms. The van der Waals surface area contributed by atoms with Gasteiger partial charge in [0.2, 0.25) is 0 Å². The van der Waals surface area contributed by atoms with E-state index in [1.807, 2.05) is 0 Å².